The molecule has 3 nitrogen and oxygen atoms in total. The molecule has 1 N–H and O–H groups in total. The van der Waals surface area contributed by atoms with Gasteiger partial charge in [0.05, 0.1) is 16.6 Å². The van der Waals surface area contributed by atoms with Crippen LogP contribution >= 0.6 is 34.0 Å². The summed E-state index contributed by atoms with van der Waals surface area (Å²) in [6.07, 6.45) is 0.412. The number of carbonyl (C=O) groups excluding carboxylic acids is 1. The highest BCUT2D eigenvalue weighted by Crippen LogP contribution is 2.37. The van der Waals surface area contributed by atoms with Crippen LogP contribution in [0.5, 0.6) is 0 Å². The third kappa shape index (κ3) is 3.06. The second-order valence-corrected chi connectivity index (χ2v) is 7.93. The van der Waals surface area contributed by atoms with Gasteiger partial charge in [0.2, 0.25) is 5.91 Å². The first-order chi connectivity index (χ1) is 11.3. The number of carbonyl (C=O) groups is 1. The van der Waals surface area contributed by atoms with E-state index in [-0.39, 0.29) is 5.91 Å². The number of hydrogen-bond acceptors (Lipinski definition) is 5. The van der Waals surface area contributed by atoms with Crippen LogP contribution in [0, 0.1) is 0 Å². The van der Waals surface area contributed by atoms with Crippen LogP contribution in [0.3, 0.4) is 0 Å². The van der Waals surface area contributed by atoms with Crippen LogP contribution in [0.1, 0.15) is 4.88 Å². The molecule has 0 bridgehead atoms. The van der Waals surface area contributed by atoms with Crippen LogP contribution in [0.4, 0.5) is 5.00 Å². The molecule has 0 saturated heterocycles. The van der Waals surface area contributed by atoms with Gasteiger partial charge in [-0.2, -0.15) is 0 Å². The lowest BCUT2D eigenvalue weighted by Crippen LogP contribution is -2.13. The van der Waals surface area contributed by atoms with Crippen LogP contribution in [0.2, 0.25) is 0 Å². The van der Waals surface area contributed by atoms with E-state index in [9.17, 15) is 4.79 Å². The third-order valence-corrected chi connectivity index (χ3v) is 6.13. The lowest BCUT2D eigenvalue weighted by atomic mass is 10.3. The minimum absolute atomic E-state index is 0.0114. The molecule has 0 saturated carbocycles. The maximum atomic E-state index is 12.2. The molecule has 4 rings (SSSR count). The highest BCUT2D eigenvalue weighted by atomic mass is 32.1. The zero-order valence-electron chi connectivity index (χ0n) is 12.0. The molecule has 1 amide bonds. The zero-order valence-corrected chi connectivity index (χ0v) is 14.4. The summed E-state index contributed by atoms with van der Waals surface area (Å²) in [5, 5.41) is 8.81. The summed E-state index contributed by atoms with van der Waals surface area (Å²) in [6.45, 7) is 0. The van der Waals surface area contributed by atoms with Crippen molar-refractivity contribution in [1.82, 2.24) is 4.98 Å². The number of amides is 1. The molecule has 4 aromatic rings. The summed E-state index contributed by atoms with van der Waals surface area (Å²) in [5.74, 6) is 0.0114. The van der Waals surface area contributed by atoms with Crippen LogP contribution < -0.4 is 5.32 Å². The first-order valence-electron chi connectivity index (χ1n) is 7.05. The molecule has 0 aliphatic heterocycles. The summed E-state index contributed by atoms with van der Waals surface area (Å²) in [5.41, 5.74) is 1.99. The van der Waals surface area contributed by atoms with Crippen LogP contribution in [0.15, 0.2) is 53.2 Å². The second-order valence-electron chi connectivity index (χ2n) is 4.95. The van der Waals surface area contributed by atoms with Gasteiger partial charge in [0.25, 0.3) is 0 Å². The van der Waals surface area contributed by atoms with E-state index >= 15 is 0 Å². The Morgan fingerprint density at radius 3 is 2.78 bits per heavy atom. The number of nitrogens with one attached hydrogen (secondary N) is 1. The van der Waals surface area contributed by atoms with Gasteiger partial charge >= 0.3 is 0 Å². The summed E-state index contributed by atoms with van der Waals surface area (Å²) in [4.78, 5) is 18.0. The van der Waals surface area contributed by atoms with E-state index in [2.05, 4.69) is 16.4 Å². The third-order valence-electron chi connectivity index (χ3n) is 3.36. The van der Waals surface area contributed by atoms with E-state index in [1.54, 1.807) is 22.7 Å². The number of benzene rings is 1. The Kier molecular flexibility index (Phi) is 3.95. The first-order valence-corrected chi connectivity index (χ1v) is 9.63. The zero-order chi connectivity index (χ0) is 15.6. The average Bonchev–Trinajstić information content (AvgIpc) is 3.26. The molecule has 0 radical (unpaired) electrons. The molecular weight excluding hydrogens is 344 g/mol. The van der Waals surface area contributed by atoms with Crippen molar-refractivity contribution in [3.8, 4) is 10.6 Å². The van der Waals surface area contributed by atoms with Crippen molar-refractivity contribution >= 4 is 55.1 Å². The predicted molar refractivity (Wildman–Crippen MR) is 99.6 cm³/mol. The smallest absolute Gasteiger partial charge is 0.230 e. The van der Waals surface area contributed by atoms with Crippen molar-refractivity contribution < 1.29 is 4.79 Å². The lowest BCUT2D eigenvalue weighted by molar-refractivity contribution is -0.115. The fraction of sp³-hybridized carbons (Fsp3) is 0.0588. The van der Waals surface area contributed by atoms with Crippen molar-refractivity contribution in [2.45, 2.75) is 6.42 Å². The summed E-state index contributed by atoms with van der Waals surface area (Å²) >= 11 is 4.78. The van der Waals surface area contributed by atoms with Crippen LogP contribution in [0.25, 0.3) is 20.8 Å². The molecule has 0 unspecified atom stereocenters. The predicted octanol–water partition coefficient (Wildman–Crippen LogP) is 5.27. The Morgan fingerprint density at radius 1 is 1.04 bits per heavy atom. The maximum Gasteiger partial charge on any atom is 0.230 e. The SMILES string of the molecule is O=C(Cc1cccs1)Nc1sccc1-c1nc2ccccc2s1. The average molecular weight is 356 g/mol. The van der Waals surface area contributed by atoms with Gasteiger partial charge in [0.1, 0.15) is 10.0 Å². The van der Waals surface area contributed by atoms with Crippen LogP contribution in [-0.2, 0) is 11.2 Å². The van der Waals surface area contributed by atoms with Crippen molar-refractivity contribution in [3.05, 3.63) is 58.1 Å². The van der Waals surface area contributed by atoms with E-state index in [0.717, 1.165) is 30.7 Å². The van der Waals surface area contributed by atoms with Crippen molar-refractivity contribution in [2.24, 2.45) is 0 Å². The normalized spacial score (nSPS) is 11.0. The largest absolute Gasteiger partial charge is 0.317 e. The van der Waals surface area contributed by atoms with Crippen molar-refractivity contribution in [3.63, 3.8) is 0 Å². The molecule has 0 aliphatic rings. The van der Waals surface area contributed by atoms with E-state index < -0.39 is 0 Å². The van der Waals surface area contributed by atoms with E-state index in [4.69, 9.17) is 0 Å². The molecule has 0 spiro atoms. The Labute approximate surface area is 145 Å². The number of thiazole rings is 1. The van der Waals surface area contributed by atoms with Crippen LogP contribution in [-0.4, -0.2) is 10.9 Å². The molecule has 3 aromatic heterocycles. The molecule has 0 atom stereocenters. The van der Waals surface area contributed by atoms with Gasteiger partial charge in [0, 0.05) is 10.4 Å². The molecular formula is C17H12N2OS3. The Bertz CT molecular complexity index is 920. The number of para-hydroxylation sites is 1. The lowest BCUT2D eigenvalue weighted by Gasteiger charge is -2.03. The number of thiophene rings is 2. The minimum atomic E-state index is 0.0114. The van der Waals surface area contributed by atoms with Gasteiger partial charge in [-0.05, 0) is 35.0 Å². The second kappa shape index (κ2) is 6.23. The summed E-state index contributed by atoms with van der Waals surface area (Å²) < 4.78 is 1.16. The number of rotatable bonds is 4. The topological polar surface area (TPSA) is 42.0 Å². The maximum absolute atomic E-state index is 12.2. The highest BCUT2D eigenvalue weighted by molar-refractivity contribution is 7.22. The van der Waals surface area contributed by atoms with Gasteiger partial charge in [-0.15, -0.1) is 34.0 Å². The van der Waals surface area contributed by atoms with Crippen molar-refractivity contribution in [2.75, 3.05) is 5.32 Å². The quantitative estimate of drug-likeness (QED) is 0.541. The number of aromatic nitrogens is 1. The molecule has 6 heteroatoms. The van der Waals surface area contributed by atoms with E-state index in [0.29, 0.717) is 6.42 Å². The van der Waals surface area contributed by atoms with E-state index in [1.807, 2.05) is 47.2 Å². The fourth-order valence-corrected chi connectivity index (χ4v) is 4.87. The fourth-order valence-electron chi connectivity index (χ4n) is 2.30. The van der Waals surface area contributed by atoms with Gasteiger partial charge in [0.15, 0.2) is 0 Å². The first kappa shape index (κ1) is 14.6. The minimum Gasteiger partial charge on any atom is -0.317 e. The molecule has 23 heavy (non-hydrogen) atoms. The van der Waals surface area contributed by atoms with Crippen molar-refractivity contribution in [1.29, 1.82) is 0 Å². The Balaban J connectivity index is 1.59. The number of hydrogen-bond donors (Lipinski definition) is 1. The number of nitrogens with zero attached hydrogens (tertiary/aromatic N) is 1. The monoisotopic (exact) mass is 356 g/mol. The van der Waals surface area contributed by atoms with Gasteiger partial charge in [-0.25, -0.2) is 4.98 Å². The molecule has 0 fully saturated rings. The van der Waals surface area contributed by atoms with Gasteiger partial charge in [-0.1, -0.05) is 18.2 Å². The summed E-state index contributed by atoms with van der Waals surface area (Å²) in [7, 11) is 0. The van der Waals surface area contributed by atoms with E-state index in [1.165, 1.54) is 11.3 Å². The summed E-state index contributed by atoms with van der Waals surface area (Å²) in [6, 6.07) is 14.0. The molecule has 3 heterocycles. The highest BCUT2D eigenvalue weighted by Gasteiger charge is 2.14. The van der Waals surface area contributed by atoms with Gasteiger partial charge < -0.3 is 5.32 Å². The standard InChI is InChI=1S/C17H12N2OS3/c20-15(10-11-4-3-8-21-11)19-16-12(7-9-22-16)17-18-13-5-1-2-6-14(13)23-17/h1-9H,10H2,(H,19,20). The Hall–Kier alpha value is -2.02. The van der Waals surface area contributed by atoms with Gasteiger partial charge in [-0.3, -0.25) is 4.79 Å². The number of fused-ring (bicyclic) bond motifs is 1. The Morgan fingerprint density at radius 2 is 1.96 bits per heavy atom. The molecule has 1 aromatic carbocycles. The molecule has 114 valence electrons. The molecule has 0 aliphatic carbocycles. The number of anilines is 1.